The van der Waals surface area contributed by atoms with E-state index in [1.807, 2.05) is 0 Å². The molecule has 1 heterocycles. The van der Waals surface area contributed by atoms with Crippen LogP contribution in [0.2, 0.25) is 0 Å². The first-order valence-corrected chi connectivity index (χ1v) is 4.97. The average molecular weight is 251 g/mol. The zero-order valence-corrected chi connectivity index (χ0v) is 8.87. The first kappa shape index (κ1) is 13.6. The second-order valence-electron chi connectivity index (χ2n) is 3.56. The SMILES string of the molecule is O=C(O)c1cn(CCCCO)cc1C(F)(F)F. The van der Waals surface area contributed by atoms with E-state index in [4.69, 9.17) is 10.2 Å². The third-order valence-electron chi connectivity index (χ3n) is 2.24. The van der Waals surface area contributed by atoms with Crippen molar-refractivity contribution >= 4 is 5.97 Å². The van der Waals surface area contributed by atoms with Crippen LogP contribution >= 0.6 is 0 Å². The largest absolute Gasteiger partial charge is 0.478 e. The molecule has 0 spiro atoms. The van der Waals surface area contributed by atoms with Crippen molar-refractivity contribution in [1.29, 1.82) is 0 Å². The van der Waals surface area contributed by atoms with Crippen LogP contribution in [0.25, 0.3) is 0 Å². The second kappa shape index (κ2) is 5.22. The summed E-state index contributed by atoms with van der Waals surface area (Å²) < 4.78 is 38.7. The number of carboxylic acids is 1. The molecule has 0 radical (unpaired) electrons. The minimum Gasteiger partial charge on any atom is -0.478 e. The van der Waals surface area contributed by atoms with Crippen molar-refractivity contribution in [3.63, 3.8) is 0 Å². The van der Waals surface area contributed by atoms with Crippen molar-refractivity contribution in [3.8, 4) is 0 Å². The van der Waals surface area contributed by atoms with Crippen LogP contribution in [-0.4, -0.2) is 27.4 Å². The normalized spacial score (nSPS) is 11.8. The second-order valence-corrected chi connectivity index (χ2v) is 3.56. The summed E-state index contributed by atoms with van der Waals surface area (Å²) in [6, 6.07) is 0. The number of nitrogens with zero attached hydrogens (tertiary/aromatic N) is 1. The molecule has 0 unspecified atom stereocenters. The molecule has 0 saturated carbocycles. The molecule has 4 nitrogen and oxygen atoms in total. The van der Waals surface area contributed by atoms with Gasteiger partial charge in [-0.1, -0.05) is 0 Å². The first-order valence-electron chi connectivity index (χ1n) is 4.97. The van der Waals surface area contributed by atoms with Crippen LogP contribution in [0.1, 0.15) is 28.8 Å². The minimum absolute atomic E-state index is 0.0425. The lowest BCUT2D eigenvalue weighted by Gasteiger charge is -2.04. The van der Waals surface area contributed by atoms with Gasteiger partial charge in [-0.15, -0.1) is 0 Å². The number of unbranched alkanes of at least 4 members (excludes halogenated alkanes) is 1. The predicted octanol–water partition coefficient (Wildman–Crippen LogP) is 1.98. The smallest absolute Gasteiger partial charge is 0.418 e. The first-order chi connectivity index (χ1) is 7.86. The number of hydrogen-bond acceptors (Lipinski definition) is 2. The Kier molecular flexibility index (Phi) is 4.17. The molecule has 0 aliphatic carbocycles. The highest BCUT2D eigenvalue weighted by Gasteiger charge is 2.36. The standard InChI is InChI=1S/C10H12F3NO3/c11-10(12,13)8-6-14(3-1-2-4-15)5-7(8)9(16)17/h5-6,15H,1-4H2,(H,16,17). The number of aromatic nitrogens is 1. The van der Waals surface area contributed by atoms with E-state index in [0.29, 0.717) is 12.8 Å². The van der Waals surface area contributed by atoms with Crippen molar-refractivity contribution in [2.24, 2.45) is 0 Å². The van der Waals surface area contributed by atoms with E-state index >= 15 is 0 Å². The molecular formula is C10H12F3NO3. The fourth-order valence-electron chi connectivity index (χ4n) is 1.44. The number of carbonyl (C=O) groups is 1. The van der Waals surface area contributed by atoms with Gasteiger partial charge in [0, 0.05) is 25.5 Å². The van der Waals surface area contributed by atoms with E-state index in [1.54, 1.807) is 0 Å². The van der Waals surface area contributed by atoms with Crippen LogP contribution in [0, 0.1) is 0 Å². The van der Waals surface area contributed by atoms with Crippen LogP contribution in [0.3, 0.4) is 0 Å². The van der Waals surface area contributed by atoms with Crippen molar-refractivity contribution in [3.05, 3.63) is 23.5 Å². The fourth-order valence-corrected chi connectivity index (χ4v) is 1.44. The van der Waals surface area contributed by atoms with E-state index < -0.39 is 23.3 Å². The predicted molar refractivity (Wildman–Crippen MR) is 52.7 cm³/mol. The number of halogens is 3. The highest BCUT2D eigenvalue weighted by atomic mass is 19.4. The molecule has 96 valence electrons. The molecule has 0 amide bonds. The Morgan fingerprint density at radius 1 is 1.29 bits per heavy atom. The van der Waals surface area contributed by atoms with Crippen molar-refractivity contribution in [2.75, 3.05) is 6.61 Å². The molecule has 7 heteroatoms. The van der Waals surface area contributed by atoms with Crippen LogP contribution in [0.4, 0.5) is 13.2 Å². The molecule has 1 aromatic rings. The number of hydrogen-bond donors (Lipinski definition) is 2. The van der Waals surface area contributed by atoms with Crippen LogP contribution < -0.4 is 0 Å². The van der Waals surface area contributed by atoms with Gasteiger partial charge >= 0.3 is 12.1 Å². The highest BCUT2D eigenvalue weighted by Crippen LogP contribution is 2.32. The summed E-state index contributed by atoms with van der Waals surface area (Å²) in [6.45, 7) is 0.204. The number of aryl methyl sites for hydroxylation is 1. The molecule has 0 bridgehead atoms. The molecule has 0 saturated heterocycles. The summed E-state index contributed by atoms with van der Waals surface area (Å²) in [5, 5.41) is 17.2. The Bertz CT molecular complexity index is 398. The summed E-state index contributed by atoms with van der Waals surface area (Å²) in [5.41, 5.74) is -1.89. The van der Waals surface area contributed by atoms with Gasteiger partial charge in [0.25, 0.3) is 0 Å². The van der Waals surface area contributed by atoms with E-state index in [1.165, 1.54) is 4.57 Å². The number of aliphatic hydroxyl groups excluding tert-OH is 1. The molecule has 1 aromatic heterocycles. The van der Waals surface area contributed by atoms with Gasteiger partial charge in [0.2, 0.25) is 0 Å². The Balaban J connectivity index is 2.93. The summed E-state index contributed by atoms with van der Waals surface area (Å²) in [7, 11) is 0. The molecule has 0 fully saturated rings. The molecule has 2 N–H and O–H groups in total. The van der Waals surface area contributed by atoms with E-state index in [-0.39, 0.29) is 13.2 Å². The maximum atomic E-state index is 12.5. The minimum atomic E-state index is -4.67. The molecule has 0 aromatic carbocycles. The van der Waals surface area contributed by atoms with Gasteiger partial charge in [-0.2, -0.15) is 13.2 Å². The topological polar surface area (TPSA) is 62.5 Å². The molecule has 17 heavy (non-hydrogen) atoms. The zero-order valence-electron chi connectivity index (χ0n) is 8.87. The number of alkyl halides is 3. The molecule has 1 rings (SSSR count). The maximum Gasteiger partial charge on any atom is 0.418 e. The van der Waals surface area contributed by atoms with Gasteiger partial charge in [-0.05, 0) is 12.8 Å². The Morgan fingerprint density at radius 2 is 1.94 bits per heavy atom. The fraction of sp³-hybridized carbons (Fsp3) is 0.500. The zero-order chi connectivity index (χ0) is 13.1. The van der Waals surface area contributed by atoms with Crippen LogP contribution in [0.15, 0.2) is 12.4 Å². The monoisotopic (exact) mass is 251 g/mol. The number of rotatable bonds is 5. The Hall–Kier alpha value is -1.50. The Labute approximate surface area is 95.3 Å². The number of aliphatic hydroxyl groups is 1. The molecule has 0 atom stereocenters. The van der Waals surface area contributed by atoms with Gasteiger partial charge in [0.05, 0.1) is 11.1 Å². The Morgan fingerprint density at radius 3 is 2.35 bits per heavy atom. The van der Waals surface area contributed by atoms with Gasteiger partial charge in [0.15, 0.2) is 0 Å². The number of carboxylic acid groups (broad SMARTS) is 1. The van der Waals surface area contributed by atoms with Gasteiger partial charge in [0.1, 0.15) is 0 Å². The highest BCUT2D eigenvalue weighted by molar-refractivity contribution is 5.89. The summed E-state index contributed by atoms with van der Waals surface area (Å²) in [4.78, 5) is 10.7. The van der Waals surface area contributed by atoms with Crippen molar-refractivity contribution < 1.29 is 28.2 Å². The maximum absolute atomic E-state index is 12.5. The number of aromatic carboxylic acids is 1. The van der Waals surface area contributed by atoms with E-state index in [2.05, 4.69) is 0 Å². The summed E-state index contributed by atoms with van der Waals surface area (Å²) in [5.74, 6) is -1.60. The van der Waals surface area contributed by atoms with Crippen molar-refractivity contribution in [2.45, 2.75) is 25.6 Å². The average Bonchev–Trinajstić information content (AvgIpc) is 2.62. The third kappa shape index (κ3) is 3.48. The van der Waals surface area contributed by atoms with Crippen molar-refractivity contribution in [1.82, 2.24) is 4.57 Å². The van der Waals surface area contributed by atoms with Gasteiger partial charge in [-0.3, -0.25) is 0 Å². The molecule has 0 aliphatic rings. The van der Waals surface area contributed by atoms with Crippen LogP contribution in [0.5, 0.6) is 0 Å². The lowest BCUT2D eigenvalue weighted by molar-refractivity contribution is -0.138. The lowest BCUT2D eigenvalue weighted by atomic mass is 10.2. The summed E-state index contributed by atoms with van der Waals surface area (Å²) in [6.07, 6.45) is -1.98. The van der Waals surface area contributed by atoms with E-state index in [9.17, 15) is 18.0 Å². The van der Waals surface area contributed by atoms with Gasteiger partial charge in [-0.25, -0.2) is 4.79 Å². The third-order valence-corrected chi connectivity index (χ3v) is 2.24. The summed E-state index contributed by atoms with van der Waals surface area (Å²) >= 11 is 0. The molecular weight excluding hydrogens is 239 g/mol. The van der Waals surface area contributed by atoms with E-state index in [0.717, 1.165) is 12.4 Å². The molecule has 0 aliphatic heterocycles. The van der Waals surface area contributed by atoms with Gasteiger partial charge < -0.3 is 14.8 Å². The quantitative estimate of drug-likeness (QED) is 0.786. The van der Waals surface area contributed by atoms with Crippen LogP contribution in [-0.2, 0) is 12.7 Å². The lowest BCUT2D eigenvalue weighted by Crippen LogP contribution is -2.09.